The third-order valence-electron chi connectivity index (χ3n) is 3.07. The van der Waals surface area contributed by atoms with E-state index in [0.717, 1.165) is 12.5 Å². The number of nitrogens with zero attached hydrogens (tertiary/aromatic N) is 1. The van der Waals surface area contributed by atoms with Crippen LogP contribution in [0.2, 0.25) is 0 Å². The number of nitrogens with one attached hydrogen (secondary N) is 1. The van der Waals surface area contributed by atoms with Crippen LogP contribution in [0.1, 0.15) is 38.5 Å². The zero-order chi connectivity index (χ0) is 10.4. The van der Waals surface area contributed by atoms with E-state index in [1.165, 1.54) is 38.5 Å². The molecule has 1 fully saturated rings. The Bertz CT molecular complexity index is 141. The summed E-state index contributed by atoms with van der Waals surface area (Å²) in [6.07, 6.45) is 8.34. The molecular formula is C11H25N3. The van der Waals surface area contributed by atoms with E-state index >= 15 is 0 Å². The Balaban J connectivity index is 2.23. The topological polar surface area (TPSA) is 41.3 Å². The summed E-state index contributed by atoms with van der Waals surface area (Å²) in [5.41, 5.74) is 9.13. The Kier molecular flexibility index (Phi) is 5.45. The van der Waals surface area contributed by atoms with Crippen molar-refractivity contribution in [1.82, 2.24) is 10.4 Å². The van der Waals surface area contributed by atoms with Crippen LogP contribution in [-0.2, 0) is 0 Å². The lowest BCUT2D eigenvalue weighted by Crippen LogP contribution is -2.45. The molecule has 0 aromatic carbocycles. The van der Waals surface area contributed by atoms with Crippen LogP contribution in [0, 0.1) is 5.92 Å². The molecule has 0 aliphatic heterocycles. The van der Waals surface area contributed by atoms with Crippen LogP contribution in [0.5, 0.6) is 0 Å². The second-order valence-electron chi connectivity index (χ2n) is 4.70. The number of hydrogen-bond donors (Lipinski definition) is 2. The molecule has 1 unspecified atom stereocenters. The summed E-state index contributed by atoms with van der Waals surface area (Å²) in [5.74, 6) is 0.907. The Morgan fingerprint density at radius 2 is 1.93 bits per heavy atom. The maximum absolute atomic E-state index is 5.75. The highest BCUT2D eigenvalue weighted by atomic mass is 15.5. The van der Waals surface area contributed by atoms with Gasteiger partial charge in [0.05, 0.1) is 0 Å². The lowest BCUT2D eigenvalue weighted by Gasteiger charge is -2.28. The molecule has 84 valence electrons. The zero-order valence-corrected chi connectivity index (χ0v) is 9.63. The summed E-state index contributed by atoms with van der Waals surface area (Å²) in [7, 11) is 4.06. The van der Waals surface area contributed by atoms with E-state index in [4.69, 9.17) is 5.73 Å². The highest BCUT2D eigenvalue weighted by molar-refractivity contribution is 4.74. The molecule has 1 rings (SSSR count). The van der Waals surface area contributed by atoms with Crippen molar-refractivity contribution in [2.45, 2.75) is 44.6 Å². The molecule has 0 aromatic rings. The lowest BCUT2D eigenvalue weighted by molar-refractivity contribution is 0.205. The Morgan fingerprint density at radius 3 is 2.43 bits per heavy atom. The summed E-state index contributed by atoms with van der Waals surface area (Å²) in [4.78, 5) is 0. The minimum absolute atomic E-state index is 0.466. The summed E-state index contributed by atoms with van der Waals surface area (Å²) in [6.45, 7) is 0.745. The third kappa shape index (κ3) is 4.40. The van der Waals surface area contributed by atoms with Crippen LogP contribution in [0.25, 0.3) is 0 Å². The molecule has 0 heterocycles. The van der Waals surface area contributed by atoms with E-state index in [0.29, 0.717) is 6.04 Å². The second-order valence-corrected chi connectivity index (χ2v) is 4.70. The standard InChI is InChI=1S/C11H25N3/c1-14(2)13-11(9-12)8-10-6-4-3-5-7-10/h10-11,13H,3-9,12H2,1-2H3. The fourth-order valence-electron chi connectivity index (χ4n) is 2.39. The lowest BCUT2D eigenvalue weighted by atomic mass is 9.85. The van der Waals surface area contributed by atoms with Crippen molar-refractivity contribution in [3.63, 3.8) is 0 Å². The summed E-state index contributed by atoms with van der Waals surface area (Å²) >= 11 is 0. The van der Waals surface area contributed by atoms with Gasteiger partial charge in [-0.3, -0.25) is 10.4 Å². The monoisotopic (exact) mass is 199 g/mol. The summed E-state index contributed by atoms with van der Waals surface area (Å²) in [6, 6.07) is 0.466. The normalized spacial score (nSPS) is 21.4. The van der Waals surface area contributed by atoms with Crippen molar-refractivity contribution < 1.29 is 0 Å². The molecule has 0 spiro atoms. The van der Waals surface area contributed by atoms with Gasteiger partial charge in [-0.1, -0.05) is 32.1 Å². The maximum Gasteiger partial charge on any atom is 0.0340 e. The fourth-order valence-corrected chi connectivity index (χ4v) is 2.39. The number of nitrogens with two attached hydrogens (primary N) is 1. The van der Waals surface area contributed by atoms with Crippen molar-refractivity contribution in [3.05, 3.63) is 0 Å². The molecule has 3 nitrogen and oxygen atoms in total. The van der Waals surface area contributed by atoms with Crippen LogP contribution in [0.4, 0.5) is 0 Å². The highest BCUT2D eigenvalue weighted by Gasteiger charge is 2.18. The van der Waals surface area contributed by atoms with Crippen molar-refractivity contribution >= 4 is 0 Å². The van der Waals surface area contributed by atoms with E-state index in [2.05, 4.69) is 5.43 Å². The molecule has 0 aromatic heterocycles. The molecule has 0 bridgehead atoms. The van der Waals surface area contributed by atoms with Crippen LogP contribution in [0.3, 0.4) is 0 Å². The van der Waals surface area contributed by atoms with Gasteiger partial charge in [0.1, 0.15) is 0 Å². The average Bonchev–Trinajstić information content (AvgIpc) is 2.17. The molecule has 3 heteroatoms. The van der Waals surface area contributed by atoms with Gasteiger partial charge in [0.2, 0.25) is 0 Å². The molecule has 1 aliphatic rings. The van der Waals surface area contributed by atoms with Crippen LogP contribution < -0.4 is 11.2 Å². The van der Waals surface area contributed by atoms with Crippen molar-refractivity contribution in [2.24, 2.45) is 11.7 Å². The predicted molar refractivity (Wildman–Crippen MR) is 60.9 cm³/mol. The van der Waals surface area contributed by atoms with Gasteiger partial charge in [-0.25, -0.2) is 0 Å². The minimum Gasteiger partial charge on any atom is -0.329 e. The maximum atomic E-state index is 5.75. The van der Waals surface area contributed by atoms with E-state index in [1.807, 2.05) is 19.1 Å². The molecule has 14 heavy (non-hydrogen) atoms. The van der Waals surface area contributed by atoms with Crippen LogP contribution in [-0.4, -0.2) is 31.7 Å². The quantitative estimate of drug-likeness (QED) is 0.657. The Hall–Kier alpha value is -0.120. The molecule has 1 aliphatic carbocycles. The molecule has 1 atom stereocenters. The molecule has 0 saturated heterocycles. The minimum atomic E-state index is 0.466. The first-order chi connectivity index (χ1) is 6.72. The van der Waals surface area contributed by atoms with Crippen molar-refractivity contribution in [2.75, 3.05) is 20.6 Å². The molecule has 0 radical (unpaired) electrons. The fraction of sp³-hybridized carbons (Fsp3) is 1.00. The SMILES string of the molecule is CN(C)NC(CN)CC1CCCCC1. The van der Waals surface area contributed by atoms with Gasteiger partial charge in [-0.2, -0.15) is 0 Å². The largest absolute Gasteiger partial charge is 0.329 e. The first kappa shape index (κ1) is 12.0. The number of rotatable bonds is 5. The van der Waals surface area contributed by atoms with Crippen molar-refractivity contribution in [1.29, 1.82) is 0 Å². The van der Waals surface area contributed by atoms with Gasteiger partial charge in [0.25, 0.3) is 0 Å². The summed E-state index contributed by atoms with van der Waals surface area (Å²) in [5, 5.41) is 2.01. The smallest absolute Gasteiger partial charge is 0.0340 e. The second kappa shape index (κ2) is 6.38. The predicted octanol–water partition coefficient (Wildman–Crippen LogP) is 1.35. The van der Waals surface area contributed by atoms with Gasteiger partial charge in [0.15, 0.2) is 0 Å². The van der Waals surface area contributed by atoms with Gasteiger partial charge < -0.3 is 5.73 Å². The highest BCUT2D eigenvalue weighted by Crippen LogP contribution is 2.27. The van der Waals surface area contributed by atoms with Gasteiger partial charge >= 0.3 is 0 Å². The van der Waals surface area contributed by atoms with E-state index < -0.39 is 0 Å². The van der Waals surface area contributed by atoms with E-state index in [9.17, 15) is 0 Å². The van der Waals surface area contributed by atoms with Crippen molar-refractivity contribution in [3.8, 4) is 0 Å². The average molecular weight is 199 g/mol. The third-order valence-corrected chi connectivity index (χ3v) is 3.07. The van der Waals surface area contributed by atoms with Gasteiger partial charge in [-0.05, 0) is 12.3 Å². The molecule has 3 N–H and O–H groups in total. The first-order valence-electron chi connectivity index (χ1n) is 5.86. The Morgan fingerprint density at radius 1 is 1.29 bits per heavy atom. The van der Waals surface area contributed by atoms with Gasteiger partial charge in [0, 0.05) is 26.7 Å². The summed E-state index contributed by atoms with van der Waals surface area (Å²) < 4.78 is 0. The van der Waals surface area contributed by atoms with Gasteiger partial charge in [-0.15, -0.1) is 0 Å². The zero-order valence-electron chi connectivity index (χ0n) is 9.63. The Labute approximate surface area is 88.0 Å². The molecule has 0 amide bonds. The first-order valence-corrected chi connectivity index (χ1v) is 5.86. The number of hydrazine groups is 1. The van der Waals surface area contributed by atoms with E-state index in [-0.39, 0.29) is 0 Å². The molecular weight excluding hydrogens is 174 g/mol. The van der Waals surface area contributed by atoms with Crippen LogP contribution >= 0.6 is 0 Å². The number of hydrogen-bond acceptors (Lipinski definition) is 3. The molecule has 1 saturated carbocycles. The van der Waals surface area contributed by atoms with Crippen LogP contribution in [0.15, 0.2) is 0 Å². The van der Waals surface area contributed by atoms with E-state index in [1.54, 1.807) is 0 Å².